The van der Waals surface area contributed by atoms with E-state index in [-0.39, 0.29) is 12.0 Å². The van der Waals surface area contributed by atoms with Crippen LogP contribution in [0, 0.1) is 0 Å². The summed E-state index contributed by atoms with van der Waals surface area (Å²) in [6.07, 6.45) is 3.81. The van der Waals surface area contributed by atoms with E-state index in [0.29, 0.717) is 18.5 Å². The lowest BCUT2D eigenvalue weighted by Gasteiger charge is -2.11. The quantitative estimate of drug-likeness (QED) is 0.466. The van der Waals surface area contributed by atoms with E-state index in [9.17, 15) is 0 Å². The van der Waals surface area contributed by atoms with Gasteiger partial charge in [-0.2, -0.15) is 24.7 Å². The number of anilines is 2. The monoisotopic (exact) mass is 263 g/mol. The fourth-order valence-corrected chi connectivity index (χ4v) is 1.74. The summed E-state index contributed by atoms with van der Waals surface area (Å²) in [7, 11) is 0. The zero-order chi connectivity index (χ0) is 13.1. The number of nitrogens with zero attached hydrogens (tertiary/aromatic N) is 6. The summed E-state index contributed by atoms with van der Waals surface area (Å²) < 4.78 is 6.72. The van der Waals surface area contributed by atoms with Crippen LogP contribution in [-0.4, -0.2) is 49.0 Å². The molecule has 19 heavy (non-hydrogen) atoms. The Morgan fingerprint density at radius 1 is 1.32 bits per heavy atom. The van der Waals surface area contributed by atoms with Gasteiger partial charge in [-0.15, -0.1) is 0 Å². The van der Waals surface area contributed by atoms with Crippen LogP contribution in [0.15, 0.2) is 12.7 Å². The molecule has 0 radical (unpaired) electrons. The summed E-state index contributed by atoms with van der Waals surface area (Å²) in [6, 6.07) is 0.191. The second kappa shape index (κ2) is 5.12. The predicted octanol–water partition coefficient (Wildman–Crippen LogP) is -1.06. The number of nitrogen functional groups attached to an aromatic ring is 1. The number of nitrogens with two attached hydrogens (primary N) is 1. The van der Waals surface area contributed by atoms with Gasteiger partial charge in [0.2, 0.25) is 11.9 Å². The molecule has 4 N–H and O–H groups in total. The van der Waals surface area contributed by atoms with Crippen molar-refractivity contribution in [3.63, 3.8) is 0 Å². The van der Waals surface area contributed by atoms with Gasteiger partial charge in [0.05, 0.1) is 12.6 Å². The van der Waals surface area contributed by atoms with E-state index in [1.165, 1.54) is 17.3 Å². The minimum atomic E-state index is 0.191. The molecule has 3 heterocycles. The van der Waals surface area contributed by atoms with Gasteiger partial charge in [0.15, 0.2) is 0 Å². The molecule has 1 fully saturated rings. The van der Waals surface area contributed by atoms with Gasteiger partial charge in [0, 0.05) is 6.61 Å². The van der Waals surface area contributed by atoms with Crippen molar-refractivity contribution in [2.75, 3.05) is 24.0 Å². The average molecular weight is 263 g/mol. The van der Waals surface area contributed by atoms with Gasteiger partial charge in [-0.1, -0.05) is 0 Å². The predicted molar refractivity (Wildman–Crippen MR) is 65.4 cm³/mol. The smallest absolute Gasteiger partial charge is 0.258 e. The molecular formula is C9H13N9O. The Balaban J connectivity index is 1.88. The van der Waals surface area contributed by atoms with Gasteiger partial charge < -0.3 is 10.1 Å². The van der Waals surface area contributed by atoms with Crippen molar-refractivity contribution < 1.29 is 4.74 Å². The van der Waals surface area contributed by atoms with E-state index >= 15 is 0 Å². The number of rotatable bonds is 4. The van der Waals surface area contributed by atoms with Gasteiger partial charge in [-0.25, -0.2) is 10.8 Å². The van der Waals surface area contributed by atoms with E-state index in [2.05, 4.69) is 35.8 Å². The first-order valence-corrected chi connectivity index (χ1v) is 5.77. The summed E-state index contributed by atoms with van der Waals surface area (Å²) in [6.45, 7) is 1.37. The second-order valence-corrected chi connectivity index (χ2v) is 3.97. The minimum Gasteiger partial charge on any atom is -0.379 e. The fraction of sp³-hybridized carbons (Fsp3) is 0.444. The molecule has 100 valence electrons. The zero-order valence-corrected chi connectivity index (χ0v) is 10.0. The SMILES string of the molecule is NNc1nc(NC2CCOC2)nc(-n2cncn2)n1. The van der Waals surface area contributed by atoms with Crippen molar-refractivity contribution in [3.05, 3.63) is 12.7 Å². The molecule has 2 aromatic heterocycles. The molecule has 2 aromatic rings. The normalized spacial score (nSPS) is 18.5. The van der Waals surface area contributed by atoms with Crippen molar-refractivity contribution in [2.45, 2.75) is 12.5 Å². The lowest BCUT2D eigenvalue weighted by molar-refractivity contribution is 0.195. The minimum absolute atomic E-state index is 0.191. The van der Waals surface area contributed by atoms with E-state index in [1.807, 2.05) is 0 Å². The summed E-state index contributed by atoms with van der Waals surface area (Å²) in [5, 5.41) is 7.14. The molecule has 10 nitrogen and oxygen atoms in total. The largest absolute Gasteiger partial charge is 0.379 e. The third-order valence-electron chi connectivity index (χ3n) is 2.64. The molecule has 1 unspecified atom stereocenters. The molecule has 1 aliphatic rings. The highest BCUT2D eigenvalue weighted by molar-refractivity contribution is 5.37. The van der Waals surface area contributed by atoms with Crippen molar-refractivity contribution in [2.24, 2.45) is 5.84 Å². The average Bonchev–Trinajstić information content (AvgIpc) is 3.11. The molecule has 3 rings (SSSR count). The number of hydrogen-bond donors (Lipinski definition) is 3. The van der Waals surface area contributed by atoms with Crippen molar-refractivity contribution in [3.8, 4) is 5.95 Å². The van der Waals surface area contributed by atoms with E-state index in [0.717, 1.165) is 13.0 Å². The Bertz CT molecular complexity index is 537. The Labute approximate surface area is 108 Å². The molecule has 1 aliphatic heterocycles. The molecular weight excluding hydrogens is 250 g/mol. The maximum Gasteiger partial charge on any atom is 0.258 e. The molecule has 10 heteroatoms. The highest BCUT2D eigenvalue weighted by Gasteiger charge is 2.17. The van der Waals surface area contributed by atoms with E-state index < -0.39 is 0 Å². The number of nitrogens with one attached hydrogen (secondary N) is 2. The Morgan fingerprint density at radius 3 is 2.89 bits per heavy atom. The first-order valence-electron chi connectivity index (χ1n) is 5.77. The number of hydrazine groups is 1. The highest BCUT2D eigenvalue weighted by atomic mass is 16.5. The van der Waals surface area contributed by atoms with Gasteiger partial charge in [0.1, 0.15) is 12.7 Å². The van der Waals surface area contributed by atoms with Crippen LogP contribution in [0.2, 0.25) is 0 Å². The van der Waals surface area contributed by atoms with Crippen LogP contribution in [0.1, 0.15) is 6.42 Å². The van der Waals surface area contributed by atoms with Crippen molar-refractivity contribution in [1.29, 1.82) is 0 Å². The third kappa shape index (κ3) is 2.58. The first-order chi connectivity index (χ1) is 9.35. The Morgan fingerprint density at radius 2 is 2.21 bits per heavy atom. The van der Waals surface area contributed by atoms with E-state index in [4.69, 9.17) is 10.6 Å². The molecule has 0 aliphatic carbocycles. The molecule has 0 aromatic carbocycles. The van der Waals surface area contributed by atoms with Crippen LogP contribution < -0.4 is 16.6 Å². The summed E-state index contributed by atoms with van der Waals surface area (Å²) in [5.41, 5.74) is 2.40. The Kier molecular flexibility index (Phi) is 3.16. The van der Waals surface area contributed by atoms with Crippen LogP contribution in [0.3, 0.4) is 0 Å². The maximum absolute atomic E-state index is 5.35. The molecule has 0 spiro atoms. The maximum atomic E-state index is 5.35. The topological polar surface area (TPSA) is 129 Å². The zero-order valence-electron chi connectivity index (χ0n) is 10.0. The molecule has 0 saturated carbocycles. The molecule has 1 atom stereocenters. The van der Waals surface area contributed by atoms with Gasteiger partial charge in [0.25, 0.3) is 5.95 Å². The van der Waals surface area contributed by atoms with Crippen molar-refractivity contribution in [1.82, 2.24) is 29.7 Å². The van der Waals surface area contributed by atoms with Crippen molar-refractivity contribution >= 4 is 11.9 Å². The summed E-state index contributed by atoms with van der Waals surface area (Å²) in [5.74, 6) is 6.36. The highest BCUT2D eigenvalue weighted by Crippen LogP contribution is 2.12. The standard InChI is InChI=1S/C9H13N9O/c10-17-8-14-7(13-6-1-2-19-3-6)15-9(16-8)18-5-11-4-12-18/h4-6H,1-3,10H2,(H2,13,14,15,16,17). The van der Waals surface area contributed by atoms with Gasteiger partial charge >= 0.3 is 0 Å². The van der Waals surface area contributed by atoms with Crippen LogP contribution in [0.5, 0.6) is 0 Å². The van der Waals surface area contributed by atoms with E-state index in [1.54, 1.807) is 0 Å². The molecule has 0 amide bonds. The number of aromatic nitrogens is 6. The van der Waals surface area contributed by atoms with Crippen LogP contribution in [0.25, 0.3) is 5.95 Å². The van der Waals surface area contributed by atoms with Crippen LogP contribution in [0.4, 0.5) is 11.9 Å². The molecule has 1 saturated heterocycles. The van der Waals surface area contributed by atoms with Gasteiger partial charge in [-0.3, -0.25) is 5.43 Å². The lowest BCUT2D eigenvalue weighted by Crippen LogP contribution is -2.23. The van der Waals surface area contributed by atoms with Crippen LogP contribution in [-0.2, 0) is 4.74 Å². The van der Waals surface area contributed by atoms with Gasteiger partial charge in [-0.05, 0) is 6.42 Å². The summed E-state index contributed by atoms with van der Waals surface area (Å²) in [4.78, 5) is 16.3. The summed E-state index contributed by atoms with van der Waals surface area (Å²) >= 11 is 0. The second-order valence-electron chi connectivity index (χ2n) is 3.97. The van der Waals surface area contributed by atoms with Crippen LogP contribution >= 0.6 is 0 Å². The molecule has 0 bridgehead atoms. The lowest BCUT2D eigenvalue weighted by atomic mass is 10.3. The first kappa shape index (κ1) is 11.7. The number of hydrogen-bond acceptors (Lipinski definition) is 9. The third-order valence-corrected chi connectivity index (χ3v) is 2.64. The fourth-order valence-electron chi connectivity index (χ4n) is 1.74. The number of ether oxygens (including phenoxy) is 1. The Hall–Kier alpha value is -2.33.